The number of aliphatic hydroxyl groups excluding tert-OH is 1. The molecule has 1 aromatic carbocycles. The van der Waals surface area contributed by atoms with Crippen molar-refractivity contribution in [2.45, 2.75) is 10.8 Å². The minimum Gasteiger partial charge on any atom is -0.497 e. The van der Waals surface area contributed by atoms with E-state index in [0.717, 1.165) is 21.9 Å². The number of methoxy groups -OCH3 is 1. The summed E-state index contributed by atoms with van der Waals surface area (Å²) >= 11 is 1.58. The Kier molecular flexibility index (Phi) is 5.42. The molecule has 0 unspecified atom stereocenters. The number of thioether (sulfide) groups is 1. The van der Waals surface area contributed by atoms with Gasteiger partial charge in [0.25, 0.3) is 0 Å². The van der Waals surface area contributed by atoms with Crippen molar-refractivity contribution in [3.05, 3.63) is 47.9 Å². The van der Waals surface area contributed by atoms with Gasteiger partial charge in [-0.05, 0) is 23.8 Å². The van der Waals surface area contributed by atoms with Gasteiger partial charge in [0.15, 0.2) is 0 Å². The Morgan fingerprint density at radius 2 is 2.25 bits per heavy atom. The smallest absolute Gasteiger partial charge is 0.119 e. The molecule has 0 aliphatic carbocycles. The van der Waals surface area contributed by atoms with Gasteiger partial charge < -0.3 is 9.84 Å². The second kappa shape index (κ2) is 7.53. The number of aromatic nitrogens is 2. The third kappa shape index (κ3) is 3.98. The Balaban J connectivity index is 2.19. The first-order chi connectivity index (χ1) is 9.83. The average molecular weight is 286 g/mol. The maximum absolute atomic E-state index is 8.81. The Hall–Kier alpha value is -2.03. The van der Waals surface area contributed by atoms with Crippen LogP contribution in [0.2, 0.25) is 0 Å². The van der Waals surface area contributed by atoms with E-state index < -0.39 is 0 Å². The molecule has 4 nitrogen and oxygen atoms in total. The lowest BCUT2D eigenvalue weighted by Crippen LogP contribution is -1.92. The Bertz CT molecular complexity index is 621. The number of rotatable bonds is 4. The molecular formula is C15H14N2O2S. The first-order valence-corrected chi connectivity index (χ1v) is 6.97. The molecule has 5 heteroatoms. The summed E-state index contributed by atoms with van der Waals surface area (Å²) in [6.07, 6.45) is 5.04. The Labute approximate surface area is 122 Å². The monoisotopic (exact) mass is 286 g/mol. The van der Waals surface area contributed by atoms with Crippen molar-refractivity contribution in [1.29, 1.82) is 0 Å². The van der Waals surface area contributed by atoms with Crippen molar-refractivity contribution in [2.24, 2.45) is 0 Å². The second-order valence-corrected chi connectivity index (χ2v) is 4.81. The van der Waals surface area contributed by atoms with Gasteiger partial charge in [-0.3, -0.25) is 4.98 Å². The van der Waals surface area contributed by atoms with Crippen LogP contribution in [0.25, 0.3) is 0 Å². The Morgan fingerprint density at radius 1 is 1.35 bits per heavy atom. The molecule has 0 spiro atoms. The predicted molar refractivity (Wildman–Crippen MR) is 78.6 cm³/mol. The normalized spacial score (nSPS) is 9.70. The number of nitrogens with zero attached hydrogens (tertiary/aromatic N) is 2. The number of aliphatic hydroxyl groups is 1. The fourth-order valence-electron chi connectivity index (χ4n) is 1.58. The van der Waals surface area contributed by atoms with Crippen molar-refractivity contribution < 1.29 is 9.84 Å². The van der Waals surface area contributed by atoms with Crippen molar-refractivity contribution >= 4 is 11.8 Å². The van der Waals surface area contributed by atoms with E-state index in [1.54, 1.807) is 37.5 Å². The van der Waals surface area contributed by atoms with Crippen LogP contribution in [0.1, 0.15) is 11.1 Å². The number of hydrogen-bond acceptors (Lipinski definition) is 5. The highest BCUT2D eigenvalue weighted by molar-refractivity contribution is 7.98. The van der Waals surface area contributed by atoms with Crippen LogP contribution in [-0.2, 0) is 5.75 Å². The fraction of sp³-hybridized carbons (Fsp3) is 0.200. The SMILES string of the molecule is COc1ccc(C#CCO)c(CSc2cnccn2)c1. The van der Waals surface area contributed by atoms with Crippen LogP contribution in [0.3, 0.4) is 0 Å². The van der Waals surface area contributed by atoms with Crippen molar-refractivity contribution in [2.75, 3.05) is 13.7 Å². The highest BCUT2D eigenvalue weighted by Crippen LogP contribution is 2.25. The molecule has 1 N–H and O–H groups in total. The molecule has 2 aromatic rings. The fourth-order valence-corrected chi connectivity index (χ4v) is 2.40. The van der Waals surface area contributed by atoms with Gasteiger partial charge >= 0.3 is 0 Å². The first-order valence-electron chi connectivity index (χ1n) is 5.99. The average Bonchev–Trinajstić information content (AvgIpc) is 2.52. The van der Waals surface area contributed by atoms with Crippen LogP contribution in [0, 0.1) is 11.8 Å². The molecule has 1 aromatic heterocycles. The number of benzene rings is 1. The summed E-state index contributed by atoms with van der Waals surface area (Å²) in [6.45, 7) is -0.150. The van der Waals surface area contributed by atoms with Gasteiger partial charge in [-0.2, -0.15) is 0 Å². The standard InChI is InChI=1S/C15H14N2O2S/c1-19-14-5-4-12(3-2-8-18)13(9-14)11-20-15-10-16-6-7-17-15/h4-7,9-10,18H,8,11H2,1H3. The van der Waals surface area contributed by atoms with Gasteiger partial charge in [-0.1, -0.05) is 11.8 Å². The van der Waals surface area contributed by atoms with Crippen LogP contribution in [-0.4, -0.2) is 28.8 Å². The van der Waals surface area contributed by atoms with Crippen LogP contribution in [0.5, 0.6) is 5.75 Å². The molecule has 0 saturated heterocycles. The summed E-state index contributed by atoms with van der Waals surface area (Å²) in [5, 5.41) is 9.66. The van der Waals surface area contributed by atoms with Crippen LogP contribution in [0.4, 0.5) is 0 Å². The molecule has 0 bridgehead atoms. The molecular weight excluding hydrogens is 272 g/mol. The predicted octanol–water partition coefficient (Wildman–Crippen LogP) is 2.12. The van der Waals surface area contributed by atoms with E-state index in [-0.39, 0.29) is 6.61 Å². The Morgan fingerprint density at radius 3 is 2.95 bits per heavy atom. The van der Waals surface area contributed by atoms with E-state index in [9.17, 15) is 0 Å². The molecule has 102 valence electrons. The van der Waals surface area contributed by atoms with Gasteiger partial charge in [0.2, 0.25) is 0 Å². The summed E-state index contributed by atoms with van der Waals surface area (Å²) in [7, 11) is 1.63. The summed E-state index contributed by atoms with van der Waals surface area (Å²) in [5.41, 5.74) is 1.93. The molecule has 20 heavy (non-hydrogen) atoms. The molecule has 0 fully saturated rings. The third-order valence-corrected chi connectivity index (χ3v) is 3.49. The van der Waals surface area contributed by atoms with E-state index >= 15 is 0 Å². The highest BCUT2D eigenvalue weighted by Gasteiger charge is 2.04. The summed E-state index contributed by atoms with van der Waals surface area (Å²) in [4.78, 5) is 8.26. The van der Waals surface area contributed by atoms with Crippen molar-refractivity contribution in [3.63, 3.8) is 0 Å². The zero-order valence-electron chi connectivity index (χ0n) is 11.0. The van der Waals surface area contributed by atoms with E-state index in [4.69, 9.17) is 9.84 Å². The summed E-state index contributed by atoms with van der Waals surface area (Å²) in [5.74, 6) is 7.11. The first kappa shape index (κ1) is 14.4. The van der Waals surface area contributed by atoms with Crippen LogP contribution >= 0.6 is 11.8 Å². The van der Waals surface area contributed by atoms with Gasteiger partial charge in [-0.15, -0.1) is 11.8 Å². The number of hydrogen-bond donors (Lipinski definition) is 1. The van der Waals surface area contributed by atoms with Crippen LogP contribution in [0.15, 0.2) is 41.8 Å². The largest absolute Gasteiger partial charge is 0.497 e. The van der Waals surface area contributed by atoms with Gasteiger partial charge in [0.1, 0.15) is 17.4 Å². The van der Waals surface area contributed by atoms with Crippen LogP contribution < -0.4 is 4.74 Å². The second-order valence-electron chi connectivity index (χ2n) is 3.82. The van der Waals surface area contributed by atoms with E-state index in [2.05, 4.69) is 21.8 Å². The zero-order valence-corrected chi connectivity index (χ0v) is 11.9. The lowest BCUT2D eigenvalue weighted by molar-refractivity contribution is 0.350. The topological polar surface area (TPSA) is 55.2 Å². The maximum Gasteiger partial charge on any atom is 0.119 e. The molecule has 0 atom stereocenters. The zero-order chi connectivity index (χ0) is 14.2. The maximum atomic E-state index is 8.81. The van der Waals surface area contributed by atoms with Gasteiger partial charge in [0, 0.05) is 23.7 Å². The molecule has 0 aliphatic rings. The van der Waals surface area contributed by atoms with E-state index in [1.165, 1.54) is 0 Å². The molecule has 1 heterocycles. The van der Waals surface area contributed by atoms with Gasteiger partial charge in [0.05, 0.1) is 13.3 Å². The minimum atomic E-state index is -0.150. The quantitative estimate of drug-likeness (QED) is 0.689. The molecule has 0 saturated carbocycles. The third-order valence-electron chi connectivity index (χ3n) is 2.53. The van der Waals surface area contributed by atoms with E-state index in [1.807, 2.05) is 18.2 Å². The number of ether oxygens (including phenoxy) is 1. The molecule has 0 amide bonds. The highest BCUT2D eigenvalue weighted by atomic mass is 32.2. The van der Waals surface area contributed by atoms with Crippen molar-refractivity contribution in [3.8, 4) is 17.6 Å². The lowest BCUT2D eigenvalue weighted by atomic mass is 10.1. The summed E-state index contributed by atoms with van der Waals surface area (Å²) in [6, 6.07) is 5.71. The lowest BCUT2D eigenvalue weighted by Gasteiger charge is -2.07. The minimum absolute atomic E-state index is 0.150. The van der Waals surface area contributed by atoms with Gasteiger partial charge in [-0.25, -0.2) is 4.98 Å². The molecule has 2 rings (SSSR count). The molecule has 0 aliphatic heterocycles. The van der Waals surface area contributed by atoms with E-state index in [0.29, 0.717) is 5.75 Å². The molecule has 0 radical (unpaired) electrons. The van der Waals surface area contributed by atoms with Crippen molar-refractivity contribution in [1.82, 2.24) is 9.97 Å². The summed E-state index contributed by atoms with van der Waals surface area (Å²) < 4.78 is 5.23.